The number of H-pyrrole nitrogens is 2. The Morgan fingerprint density at radius 3 is 2.39 bits per heavy atom. The fourth-order valence-electron chi connectivity index (χ4n) is 2.52. The van der Waals surface area contributed by atoms with Gasteiger partial charge < -0.3 is 9.97 Å². The normalized spacial score (nSPS) is 10.8. The van der Waals surface area contributed by atoms with Crippen LogP contribution in [0.4, 0.5) is 0 Å². The van der Waals surface area contributed by atoms with Gasteiger partial charge in [0.2, 0.25) is 0 Å². The Bertz CT molecular complexity index is 819. The Morgan fingerprint density at radius 2 is 1.61 bits per heavy atom. The second-order valence-corrected chi connectivity index (χ2v) is 5.27. The van der Waals surface area contributed by atoms with Crippen molar-refractivity contribution in [3.05, 3.63) is 78.5 Å². The van der Waals surface area contributed by atoms with Gasteiger partial charge in [0.25, 0.3) is 0 Å². The van der Waals surface area contributed by atoms with Crippen LogP contribution in [-0.2, 0) is 6.42 Å². The molecule has 4 aromatic heterocycles. The van der Waals surface area contributed by atoms with Gasteiger partial charge >= 0.3 is 0 Å². The highest BCUT2D eigenvalue weighted by Crippen LogP contribution is 2.18. The van der Waals surface area contributed by atoms with Crippen LogP contribution in [0.15, 0.2) is 67.3 Å². The van der Waals surface area contributed by atoms with Crippen LogP contribution in [0.1, 0.15) is 11.3 Å². The van der Waals surface area contributed by atoms with E-state index in [2.05, 4.69) is 31.0 Å². The Labute approximate surface area is 133 Å². The molecule has 0 fully saturated rings. The lowest BCUT2D eigenvalue weighted by Crippen LogP contribution is -1.97. The van der Waals surface area contributed by atoms with Crippen LogP contribution in [0, 0.1) is 0 Å². The zero-order valence-electron chi connectivity index (χ0n) is 12.4. The van der Waals surface area contributed by atoms with E-state index in [1.165, 1.54) is 5.56 Å². The van der Waals surface area contributed by atoms with Crippen molar-refractivity contribution in [2.24, 2.45) is 0 Å². The van der Waals surface area contributed by atoms with Gasteiger partial charge in [-0.25, -0.2) is 9.97 Å². The van der Waals surface area contributed by atoms with Crippen LogP contribution in [0.25, 0.3) is 22.9 Å². The largest absolute Gasteiger partial charge is 0.360 e. The minimum absolute atomic E-state index is 0.714. The van der Waals surface area contributed by atoms with Crippen LogP contribution in [0.2, 0.25) is 0 Å². The molecule has 0 atom stereocenters. The topological polar surface area (TPSA) is 70.2 Å². The number of hydrogen-bond acceptors (Lipinski definition) is 3. The van der Waals surface area contributed by atoms with E-state index in [-0.39, 0.29) is 0 Å². The summed E-state index contributed by atoms with van der Waals surface area (Å²) in [6, 6.07) is 13.9. The maximum atomic E-state index is 4.63. The molecule has 5 nitrogen and oxygen atoms in total. The number of pyridine rings is 1. The molecule has 0 aromatic carbocycles. The summed E-state index contributed by atoms with van der Waals surface area (Å²) in [6.45, 7) is 0. The van der Waals surface area contributed by atoms with E-state index in [9.17, 15) is 0 Å². The molecule has 4 aromatic rings. The average Bonchev–Trinajstić information content (AvgIpc) is 3.29. The van der Waals surface area contributed by atoms with Gasteiger partial charge in [0.05, 0.1) is 17.1 Å². The van der Waals surface area contributed by atoms with Gasteiger partial charge in [-0.1, -0.05) is 0 Å². The van der Waals surface area contributed by atoms with Crippen molar-refractivity contribution in [2.45, 2.75) is 6.42 Å². The molecule has 2 N–H and O–H groups in total. The Morgan fingerprint density at radius 1 is 0.826 bits per heavy atom. The van der Waals surface area contributed by atoms with Gasteiger partial charge in [0.1, 0.15) is 0 Å². The van der Waals surface area contributed by atoms with Crippen LogP contribution in [0.5, 0.6) is 0 Å². The van der Waals surface area contributed by atoms with Gasteiger partial charge in [0, 0.05) is 36.9 Å². The maximum absolute atomic E-state index is 4.63. The van der Waals surface area contributed by atoms with Gasteiger partial charge in [-0.2, -0.15) is 0 Å². The monoisotopic (exact) mass is 301 g/mol. The van der Waals surface area contributed by atoms with Crippen molar-refractivity contribution in [1.82, 2.24) is 24.9 Å². The molecule has 0 bridgehead atoms. The first kappa shape index (κ1) is 13.5. The first-order valence-electron chi connectivity index (χ1n) is 7.43. The molecule has 23 heavy (non-hydrogen) atoms. The molecular weight excluding hydrogens is 286 g/mol. The molecule has 5 heteroatoms. The van der Waals surface area contributed by atoms with Crippen LogP contribution >= 0.6 is 0 Å². The minimum Gasteiger partial charge on any atom is -0.360 e. The number of aromatic amines is 2. The lowest BCUT2D eigenvalue weighted by molar-refractivity contribution is 1.02. The van der Waals surface area contributed by atoms with E-state index in [4.69, 9.17) is 0 Å². The molecule has 4 rings (SSSR count). The number of hydrogen-bond donors (Lipinski definition) is 2. The summed E-state index contributed by atoms with van der Waals surface area (Å²) in [4.78, 5) is 19.7. The summed E-state index contributed by atoms with van der Waals surface area (Å²) in [5, 5.41) is 0. The fraction of sp³-hybridized carbons (Fsp3) is 0.0556. The van der Waals surface area contributed by atoms with E-state index in [0.29, 0.717) is 5.82 Å². The second kappa shape index (κ2) is 5.88. The Hall–Kier alpha value is -3.21. The lowest BCUT2D eigenvalue weighted by atomic mass is 10.1. The molecule has 0 spiro atoms. The summed E-state index contributed by atoms with van der Waals surface area (Å²) in [5.74, 6) is 0.714. The number of rotatable bonds is 4. The van der Waals surface area contributed by atoms with Gasteiger partial charge in [-0.15, -0.1) is 0 Å². The third kappa shape index (κ3) is 2.89. The van der Waals surface area contributed by atoms with Gasteiger partial charge in [0.15, 0.2) is 5.82 Å². The van der Waals surface area contributed by atoms with Crippen LogP contribution in [-0.4, -0.2) is 24.9 Å². The second-order valence-electron chi connectivity index (χ2n) is 5.27. The van der Waals surface area contributed by atoms with Crippen molar-refractivity contribution in [1.29, 1.82) is 0 Å². The summed E-state index contributed by atoms with van der Waals surface area (Å²) < 4.78 is 0. The summed E-state index contributed by atoms with van der Waals surface area (Å²) >= 11 is 0. The van der Waals surface area contributed by atoms with E-state index in [1.54, 1.807) is 6.20 Å². The zero-order valence-corrected chi connectivity index (χ0v) is 12.4. The highest BCUT2D eigenvalue weighted by Gasteiger charge is 2.06. The molecule has 0 saturated carbocycles. The van der Waals surface area contributed by atoms with Crippen molar-refractivity contribution >= 4 is 0 Å². The lowest BCUT2D eigenvalue weighted by Gasteiger charge is -2.05. The van der Waals surface area contributed by atoms with Crippen LogP contribution in [0.3, 0.4) is 0 Å². The molecule has 0 aliphatic rings. The molecule has 4 heterocycles. The standard InChI is InChI=1S/C18H15N5/c1-3-15(19-7-1)17-12-13(5-9-21-17)11-14-6-10-22-18(23-14)16-4-2-8-20-16/h1-10,12,19-20H,11H2. The van der Waals surface area contributed by atoms with Crippen molar-refractivity contribution in [2.75, 3.05) is 0 Å². The van der Waals surface area contributed by atoms with Gasteiger partial charge in [-0.05, 0) is 48.0 Å². The van der Waals surface area contributed by atoms with Crippen molar-refractivity contribution in [3.63, 3.8) is 0 Å². The average molecular weight is 301 g/mol. The van der Waals surface area contributed by atoms with E-state index >= 15 is 0 Å². The van der Waals surface area contributed by atoms with E-state index in [0.717, 1.165) is 29.2 Å². The highest BCUT2D eigenvalue weighted by atomic mass is 14.9. The highest BCUT2D eigenvalue weighted by molar-refractivity contribution is 5.55. The quantitative estimate of drug-likeness (QED) is 0.606. The summed E-state index contributed by atoms with van der Waals surface area (Å²) in [5.41, 5.74) is 5.02. The number of nitrogens with one attached hydrogen (secondary N) is 2. The molecule has 0 aliphatic heterocycles. The smallest absolute Gasteiger partial charge is 0.176 e. The Balaban J connectivity index is 1.61. The molecule has 0 radical (unpaired) electrons. The zero-order chi connectivity index (χ0) is 15.5. The van der Waals surface area contributed by atoms with Crippen molar-refractivity contribution < 1.29 is 0 Å². The fourth-order valence-corrected chi connectivity index (χ4v) is 2.52. The third-order valence-corrected chi connectivity index (χ3v) is 3.64. The van der Waals surface area contributed by atoms with E-state index in [1.807, 2.05) is 55.0 Å². The first-order valence-corrected chi connectivity index (χ1v) is 7.43. The number of nitrogens with zero attached hydrogens (tertiary/aromatic N) is 3. The van der Waals surface area contributed by atoms with E-state index < -0.39 is 0 Å². The summed E-state index contributed by atoms with van der Waals surface area (Å²) in [7, 11) is 0. The maximum Gasteiger partial charge on any atom is 0.176 e. The predicted octanol–water partition coefficient (Wildman–Crippen LogP) is 3.45. The predicted molar refractivity (Wildman–Crippen MR) is 88.6 cm³/mol. The van der Waals surface area contributed by atoms with Gasteiger partial charge in [-0.3, -0.25) is 4.98 Å². The molecule has 112 valence electrons. The Kier molecular flexibility index (Phi) is 3.44. The molecule has 0 saturated heterocycles. The third-order valence-electron chi connectivity index (χ3n) is 3.64. The minimum atomic E-state index is 0.714. The molecule has 0 unspecified atom stereocenters. The van der Waals surface area contributed by atoms with Crippen LogP contribution < -0.4 is 0 Å². The molecular formula is C18H15N5. The first-order chi connectivity index (χ1) is 11.4. The molecule has 0 amide bonds. The number of aromatic nitrogens is 5. The SMILES string of the molecule is c1c[nH]c(-c2cc(Cc3ccnc(-c4ccc[nH]4)n3)ccn2)c1. The molecule has 0 aliphatic carbocycles. The summed E-state index contributed by atoms with van der Waals surface area (Å²) in [6.07, 6.45) is 8.14. The van der Waals surface area contributed by atoms with Crippen molar-refractivity contribution in [3.8, 4) is 22.9 Å².